The second-order valence-electron chi connectivity index (χ2n) is 6.46. The summed E-state index contributed by atoms with van der Waals surface area (Å²) in [7, 11) is 2.90. The summed E-state index contributed by atoms with van der Waals surface area (Å²) in [6.07, 6.45) is -4.01. The molecule has 0 N–H and O–H groups in total. The van der Waals surface area contributed by atoms with Gasteiger partial charge in [0.1, 0.15) is 13.1 Å². The summed E-state index contributed by atoms with van der Waals surface area (Å²) in [5, 5.41) is 0. The molecule has 2 atom stereocenters. The average Bonchev–Trinajstić information content (AvgIpc) is 3.24. The standard InChI is InChI=1S/C17H21F3N2O2/c1-11-5-4-6-12(7-11)13-8-14(13)16(24)22(10-17(18,19)20)9-15(23)21(2)3/h4-7,13-14H,8-10H2,1-3H3/t13-,14-/m1/s1. The lowest BCUT2D eigenvalue weighted by Gasteiger charge is -2.25. The van der Waals surface area contributed by atoms with Gasteiger partial charge in [-0.3, -0.25) is 9.59 Å². The van der Waals surface area contributed by atoms with E-state index >= 15 is 0 Å². The molecule has 132 valence electrons. The lowest BCUT2D eigenvalue weighted by atomic mass is 10.1. The van der Waals surface area contributed by atoms with Gasteiger partial charge in [-0.05, 0) is 24.8 Å². The van der Waals surface area contributed by atoms with Crippen molar-refractivity contribution in [2.45, 2.75) is 25.4 Å². The maximum absolute atomic E-state index is 12.8. The highest BCUT2D eigenvalue weighted by Gasteiger charge is 2.47. The number of likely N-dealkylation sites (N-methyl/N-ethyl adjacent to an activating group) is 1. The molecule has 1 aliphatic rings. The van der Waals surface area contributed by atoms with Crippen LogP contribution in [0.15, 0.2) is 24.3 Å². The first kappa shape index (κ1) is 18.3. The molecule has 0 unspecified atom stereocenters. The molecule has 1 aromatic rings. The van der Waals surface area contributed by atoms with Gasteiger partial charge in [0, 0.05) is 20.0 Å². The topological polar surface area (TPSA) is 40.6 Å². The molecule has 0 aromatic heterocycles. The molecule has 1 aromatic carbocycles. The third-order valence-corrected chi connectivity index (χ3v) is 4.08. The molecule has 4 nitrogen and oxygen atoms in total. The molecule has 0 aliphatic heterocycles. The number of hydrogen-bond acceptors (Lipinski definition) is 2. The Morgan fingerprint density at radius 2 is 1.92 bits per heavy atom. The van der Waals surface area contributed by atoms with E-state index < -0.39 is 37.0 Å². The Morgan fingerprint density at radius 1 is 1.25 bits per heavy atom. The Morgan fingerprint density at radius 3 is 2.46 bits per heavy atom. The number of carbonyl (C=O) groups is 2. The van der Waals surface area contributed by atoms with E-state index in [4.69, 9.17) is 0 Å². The van der Waals surface area contributed by atoms with E-state index in [1.54, 1.807) is 0 Å². The van der Waals surface area contributed by atoms with Crippen molar-refractivity contribution in [3.05, 3.63) is 35.4 Å². The van der Waals surface area contributed by atoms with Gasteiger partial charge in [0.25, 0.3) is 0 Å². The summed E-state index contributed by atoms with van der Waals surface area (Å²) >= 11 is 0. The number of hydrogen-bond donors (Lipinski definition) is 0. The lowest BCUT2D eigenvalue weighted by Crippen LogP contribution is -2.45. The van der Waals surface area contributed by atoms with Gasteiger partial charge in [-0.25, -0.2) is 0 Å². The van der Waals surface area contributed by atoms with E-state index in [0.717, 1.165) is 11.1 Å². The molecule has 0 bridgehead atoms. The third-order valence-electron chi connectivity index (χ3n) is 4.08. The fraction of sp³-hybridized carbons (Fsp3) is 0.529. The van der Waals surface area contributed by atoms with Gasteiger partial charge < -0.3 is 9.80 Å². The molecule has 1 fully saturated rings. The predicted octanol–water partition coefficient (Wildman–Crippen LogP) is 2.58. The Hall–Kier alpha value is -2.05. The maximum Gasteiger partial charge on any atom is 0.406 e. The van der Waals surface area contributed by atoms with E-state index in [9.17, 15) is 22.8 Å². The molecule has 1 aliphatic carbocycles. The molecule has 2 amide bonds. The fourth-order valence-corrected chi connectivity index (χ4v) is 2.70. The third kappa shape index (κ3) is 4.72. The van der Waals surface area contributed by atoms with Gasteiger partial charge in [0.2, 0.25) is 11.8 Å². The number of benzene rings is 1. The van der Waals surface area contributed by atoms with Crippen LogP contribution in [0.5, 0.6) is 0 Å². The highest BCUT2D eigenvalue weighted by molar-refractivity contribution is 5.88. The van der Waals surface area contributed by atoms with Crippen LogP contribution in [0, 0.1) is 12.8 Å². The summed E-state index contributed by atoms with van der Waals surface area (Å²) in [4.78, 5) is 26.0. The minimum atomic E-state index is -4.53. The van der Waals surface area contributed by atoms with E-state index in [1.807, 2.05) is 31.2 Å². The molecule has 0 radical (unpaired) electrons. The van der Waals surface area contributed by atoms with Crippen LogP contribution in [0.25, 0.3) is 0 Å². The van der Waals surface area contributed by atoms with Crippen LogP contribution in [0.2, 0.25) is 0 Å². The Kier molecular flexibility index (Phi) is 5.20. The number of aryl methyl sites for hydroxylation is 1. The highest BCUT2D eigenvalue weighted by Crippen LogP contribution is 2.48. The normalized spacial score (nSPS) is 19.8. The minimum absolute atomic E-state index is 0.0670. The zero-order valence-electron chi connectivity index (χ0n) is 13.9. The molecule has 0 spiro atoms. The summed E-state index contributed by atoms with van der Waals surface area (Å²) in [5.74, 6) is -1.68. The van der Waals surface area contributed by atoms with Gasteiger partial charge in [0.05, 0.1) is 0 Å². The van der Waals surface area contributed by atoms with Crippen LogP contribution < -0.4 is 0 Å². The smallest absolute Gasteiger partial charge is 0.347 e. The van der Waals surface area contributed by atoms with E-state index in [0.29, 0.717) is 11.3 Å². The summed E-state index contributed by atoms with van der Waals surface area (Å²) < 4.78 is 38.3. The van der Waals surface area contributed by atoms with Crippen molar-refractivity contribution in [1.82, 2.24) is 9.80 Å². The maximum atomic E-state index is 12.8. The van der Waals surface area contributed by atoms with Crippen LogP contribution in [-0.2, 0) is 9.59 Å². The van der Waals surface area contributed by atoms with Gasteiger partial charge in [-0.15, -0.1) is 0 Å². The number of halogens is 3. The van der Waals surface area contributed by atoms with Crippen molar-refractivity contribution in [2.24, 2.45) is 5.92 Å². The van der Waals surface area contributed by atoms with Crippen molar-refractivity contribution in [2.75, 3.05) is 27.2 Å². The average molecular weight is 342 g/mol. The molecule has 24 heavy (non-hydrogen) atoms. The van der Waals surface area contributed by atoms with Gasteiger partial charge >= 0.3 is 6.18 Å². The van der Waals surface area contributed by atoms with Crippen LogP contribution in [0.1, 0.15) is 23.5 Å². The Bertz CT molecular complexity index is 629. The van der Waals surface area contributed by atoms with E-state index in [-0.39, 0.29) is 5.92 Å². The molecule has 2 rings (SSSR count). The second kappa shape index (κ2) is 6.83. The van der Waals surface area contributed by atoms with E-state index in [1.165, 1.54) is 19.0 Å². The van der Waals surface area contributed by atoms with Crippen molar-refractivity contribution in [3.8, 4) is 0 Å². The SMILES string of the molecule is Cc1cccc([C@H]2C[C@H]2C(=O)N(CC(=O)N(C)C)CC(F)(F)F)c1. The van der Waals surface area contributed by atoms with Crippen molar-refractivity contribution >= 4 is 11.8 Å². The minimum Gasteiger partial charge on any atom is -0.347 e. The predicted molar refractivity (Wildman–Crippen MR) is 83.4 cm³/mol. The van der Waals surface area contributed by atoms with Crippen LogP contribution in [-0.4, -0.2) is 55.0 Å². The molecule has 0 saturated heterocycles. The Balaban J connectivity index is 2.09. The summed E-state index contributed by atoms with van der Waals surface area (Å²) in [6.45, 7) is -0.0285. The molecular weight excluding hydrogens is 321 g/mol. The first-order valence-electron chi connectivity index (χ1n) is 7.70. The first-order valence-corrected chi connectivity index (χ1v) is 7.70. The highest BCUT2D eigenvalue weighted by atomic mass is 19.4. The zero-order valence-corrected chi connectivity index (χ0v) is 13.9. The van der Waals surface area contributed by atoms with E-state index in [2.05, 4.69) is 0 Å². The number of rotatable bonds is 5. The van der Waals surface area contributed by atoms with Crippen molar-refractivity contribution in [3.63, 3.8) is 0 Å². The van der Waals surface area contributed by atoms with Crippen molar-refractivity contribution < 1.29 is 22.8 Å². The lowest BCUT2D eigenvalue weighted by molar-refractivity contribution is -0.164. The van der Waals surface area contributed by atoms with Gasteiger partial charge in [-0.2, -0.15) is 13.2 Å². The largest absolute Gasteiger partial charge is 0.406 e. The van der Waals surface area contributed by atoms with Crippen LogP contribution in [0.3, 0.4) is 0 Å². The number of amides is 2. The molecular formula is C17H21F3N2O2. The Labute approximate surface area is 139 Å². The number of nitrogens with zero attached hydrogens (tertiary/aromatic N) is 2. The van der Waals surface area contributed by atoms with Crippen LogP contribution in [0.4, 0.5) is 13.2 Å². The number of alkyl halides is 3. The van der Waals surface area contributed by atoms with Gasteiger partial charge in [0.15, 0.2) is 0 Å². The molecule has 1 saturated carbocycles. The first-order chi connectivity index (χ1) is 11.1. The second-order valence-corrected chi connectivity index (χ2v) is 6.46. The van der Waals surface area contributed by atoms with Crippen molar-refractivity contribution in [1.29, 1.82) is 0 Å². The molecule has 7 heteroatoms. The zero-order chi connectivity index (χ0) is 18.1. The summed E-state index contributed by atoms with van der Waals surface area (Å²) in [6, 6.07) is 7.61. The monoisotopic (exact) mass is 342 g/mol. The molecule has 0 heterocycles. The van der Waals surface area contributed by atoms with Crippen LogP contribution >= 0.6 is 0 Å². The van der Waals surface area contributed by atoms with Gasteiger partial charge in [-0.1, -0.05) is 29.8 Å². The quantitative estimate of drug-likeness (QED) is 0.825. The number of carbonyl (C=O) groups excluding carboxylic acids is 2. The fourth-order valence-electron chi connectivity index (χ4n) is 2.70. The summed E-state index contributed by atoms with van der Waals surface area (Å²) in [5.41, 5.74) is 2.00.